The van der Waals surface area contributed by atoms with Gasteiger partial charge in [0.25, 0.3) is 0 Å². The zero-order valence-electron chi connectivity index (χ0n) is 13.7. The second kappa shape index (κ2) is 14.1. The molecule has 0 aliphatic rings. The van der Waals surface area contributed by atoms with Crippen LogP contribution < -0.4 is 0 Å². The maximum absolute atomic E-state index is 2.43. The van der Waals surface area contributed by atoms with E-state index < -0.39 is 0 Å². The van der Waals surface area contributed by atoms with E-state index in [-0.39, 0.29) is 0 Å². The fourth-order valence-corrected chi connectivity index (χ4v) is 2.43. The third-order valence-electron chi connectivity index (χ3n) is 4.04. The minimum absolute atomic E-state index is 0.911. The highest BCUT2D eigenvalue weighted by atomic mass is 14.2. The molecule has 2 atom stereocenters. The first kappa shape index (κ1) is 19.3. The Kier molecular flexibility index (Phi) is 16.0. The summed E-state index contributed by atoms with van der Waals surface area (Å²) in [5, 5.41) is 0. The molecular weight excluding hydrogens is 204 g/mol. The zero-order chi connectivity index (χ0) is 13.7. The van der Waals surface area contributed by atoms with Crippen LogP contribution in [0.5, 0.6) is 0 Å². The van der Waals surface area contributed by atoms with Crippen LogP contribution in [0.3, 0.4) is 0 Å². The molecule has 0 aromatic rings. The van der Waals surface area contributed by atoms with Crippen molar-refractivity contribution in [3.8, 4) is 0 Å². The van der Waals surface area contributed by atoms with Gasteiger partial charge in [-0.05, 0) is 17.8 Å². The van der Waals surface area contributed by atoms with E-state index in [1.807, 2.05) is 13.8 Å². The van der Waals surface area contributed by atoms with E-state index in [0.29, 0.717) is 0 Å². The Bertz CT molecular complexity index is 122. The molecule has 0 aromatic heterocycles. The molecule has 0 saturated heterocycles. The topological polar surface area (TPSA) is 0 Å². The number of rotatable bonds is 9. The molecule has 0 amide bonds. The second-order valence-corrected chi connectivity index (χ2v) is 5.38. The van der Waals surface area contributed by atoms with Gasteiger partial charge in [-0.3, -0.25) is 0 Å². The third kappa shape index (κ3) is 10.9. The van der Waals surface area contributed by atoms with Gasteiger partial charge < -0.3 is 0 Å². The molecule has 0 spiro atoms. The van der Waals surface area contributed by atoms with Crippen molar-refractivity contribution in [3.63, 3.8) is 0 Å². The fourth-order valence-electron chi connectivity index (χ4n) is 2.43. The van der Waals surface area contributed by atoms with Gasteiger partial charge in [0.15, 0.2) is 0 Å². The van der Waals surface area contributed by atoms with E-state index in [4.69, 9.17) is 0 Å². The fraction of sp³-hybridized carbons (Fsp3) is 1.00. The third-order valence-corrected chi connectivity index (χ3v) is 4.04. The van der Waals surface area contributed by atoms with Crippen LogP contribution >= 0.6 is 0 Å². The minimum Gasteiger partial charge on any atom is -0.0683 e. The molecule has 0 radical (unpaired) electrons. The molecule has 0 heteroatoms. The lowest BCUT2D eigenvalue weighted by molar-refractivity contribution is 0.302. The molecule has 0 N–H and O–H groups in total. The van der Waals surface area contributed by atoms with Gasteiger partial charge in [-0.25, -0.2) is 0 Å². The van der Waals surface area contributed by atoms with Crippen LogP contribution in [0.25, 0.3) is 0 Å². The highest BCUT2D eigenvalue weighted by Gasteiger charge is 2.13. The van der Waals surface area contributed by atoms with E-state index in [1.165, 1.54) is 44.9 Å². The van der Waals surface area contributed by atoms with Crippen molar-refractivity contribution in [3.05, 3.63) is 0 Å². The average molecular weight is 242 g/mol. The van der Waals surface area contributed by atoms with E-state index in [9.17, 15) is 0 Å². The lowest BCUT2D eigenvalue weighted by Gasteiger charge is -2.21. The van der Waals surface area contributed by atoms with Crippen molar-refractivity contribution in [1.82, 2.24) is 0 Å². The first-order valence-electron chi connectivity index (χ1n) is 8.15. The van der Waals surface area contributed by atoms with Crippen LogP contribution in [0.2, 0.25) is 0 Å². The van der Waals surface area contributed by atoms with Crippen molar-refractivity contribution in [1.29, 1.82) is 0 Å². The van der Waals surface area contributed by atoms with Crippen LogP contribution in [0.1, 0.15) is 93.4 Å². The molecular formula is C17H38. The normalized spacial score (nSPS) is 14.1. The molecule has 0 saturated carbocycles. The molecule has 0 bridgehead atoms. The number of hydrogen-bond donors (Lipinski definition) is 0. The first-order chi connectivity index (χ1) is 8.15. The Hall–Kier alpha value is 0. The van der Waals surface area contributed by atoms with Gasteiger partial charge in [0, 0.05) is 0 Å². The summed E-state index contributed by atoms with van der Waals surface area (Å²) in [5.74, 6) is 2.84. The van der Waals surface area contributed by atoms with Crippen LogP contribution in [-0.4, -0.2) is 0 Å². The Labute approximate surface area is 112 Å². The average Bonchev–Trinajstić information content (AvgIpc) is 2.37. The molecule has 106 valence electrons. The lowest BCUT2D eigenvalue weighted by Crippen LogP contribution is -2.09. The smallest absolute Gasteiger partial charge is 0.0414 e. The molecule has 0 aliphatic carbocycles. The van der Waals surface area contributed by atoms with Crippen molar-refractivity contribution >= 4 is 0 Å². The van der Waals surface area contributed by atoms with Crippen LogP contribution in [0, 0.1) is 17.8 Å². The Morgan fingerprint density at radius 1 is 0.647 bits per heavy atom. The molecule has 0 fully saturated rings. The molecule has 2 unspecified atom stereocenters. The summed E-state index contributed by atoms with van der Waals surface area (Å²) in [4.78, 5) is 0. The van der Waals surface area contributed by atoms with Gasteiger partial charge >= 0.3 is 0 Å². The maximum atomic E-state index is 2.43. The summed E-state index contributed by atoms with van der Waals surface area (Å²) in [7, 11) is 0. The Balaban J connectivity index is 0. The quantitative estimate of drug-likeness (QED) is 0.422. The minimum atomic E-state index is 0.911. The van der Waals surface area contributed by atoms with Crippen molar-refractivity contribution in [2.75, 3.05) is 0 Å². The monoisotopic (exact) mass is 242 g/mol. The van der Waals surface area contributed by atoms with Gasteiger partial charge in [-0.15, -0.1) is 0 Å². The Morgan fingerprint density at radius 3 is 1.47 bits per heavy atom. The predicted octanol–water partition coefficient (Wildman–Crippen LogP) is 6.69. The van der Waals surface area contributed by atoms with E-state index in [1.54, 1.807) is 0 Å². The highest BCUT2D eigenvalue weighted by molar-refractivity contribution is 4.65. The van der Waals surface area contributed by atoms with Gasteiger partial charge in [-0.2, -0.15) is 0 Å². The highest BCUT2D eigenvalue weighted by Crippen LogP contribution is 2.26. The molecule has 0 aromatic carbocycles. The maximum Gasteiger partial charge on any atom is -0.0414 e. The first-order valence-corrected chi connectivity index (χ1v) is 8.15. The Morgan fingerprint density at radius 2 is 1.12 bits per heavy atom. The van der Waals surface area contributed by atoms with Gasteiger partial charge in [0.05, 0.1) is 0 Å². The summed E-state index contributed by atoms with van der Waals surface area (Å²) in [6.07, 6.45) is 9.87. The number of hydrogen-bond acceptors (Lipinski definition) is 0. The van der Waals surface area contributed by atoms with Crippen molar-refractivity contribution in [2.45, 2.75) is 93.4 Å². The summed E-state index contributed by atoms with van der Waals surface area (Å²) in [5.41, 5.74) is 0. The van der Waals surface area contributed by atoms with Crippen molar-refractivity contribution < 1.29 is 0 Å². The van der Waals surface area contributed by atoms with E-state index in [0.717, 1.165) is 17.8 Å². The van der Waals surface area contributed by atoms with Crippen LogP contribution in [-0.2, 0) is 0 Å². The summed E-state index contributed by atoms with van der Waals surface area (Å²) >= 11 is 0. The zero-order valence-corrected chi connectivity index (χ0v) is 13.7. The van der Waals surface area contributed by atoms with Gasteiger partial charge in [0.1, 0.15) is 0 Å². The second-order valence-electron chi connectivity index (χ2n) is 5.38. The molecule has 0 aliphatic heterocycles. The predicted molar refractivity (Wildman–Crippen MR) is 82.5 cm³/mol. The summed E-state index contributed by atoms with van der Waals surface area (Å²) in [6, 6.07) is 0. The van der Waals surface area contributed by atoms with Crippen LogP contribution in [0.15, 0.2) is 0 Å². The summed E-state index contributed by atoms with van der Waals surface area (Å²) < 4.78 is 0. The molecule has 0 rings (SSSR count). The van der Waals surface area contributed by atoms with Crippen molar-refractivity contribution in [2.24, 2.45) is 17.8 Å². The van der Waals surface area contributed by atoms with Gasteiger partial charge in [0.2, 0.25) is 0 Å². The molecule has 17 heavy (non-hydrogen) atoms. The summed E-state index contributed by atoms with van der Waals surface area (Å²) in [6.45, 7) is 15.8. The van der Waals surface area contributed by atoms with E-state index in [2.05, 4.69) is 34.6 Å². The van der Waals surface area contributed by atoms with E-state index >= 15 is 0 Å². The molecule has 0 heterocycles. The molecule has 0 nitrogen and oxygen atoms in total. The van der Waals surface area contributed by atoms with Gasteiger partial charge in [-0.1, -0.05) is 93.4 Å². The lowest BCUT2D eigenvalue weighted by atomic mass is 9.84. The SMILES string of the molecule is CC.CCCC(CCC)CCC(C)C(C)CC. The largest absolute Gasteiger partial charge is 0.0683 e. The van der Waals surface area contributed by atoms with Crippen LogP contribution in [0.4, 0.5) is 0 Å². The standard InChI is InChI=1S/C15H32.C2H6/c1-6-9-15(10-7-2)12-11-14(5)13(4)8-3;1-2/h13-15H,6-12H2,1-5H3;1-2H3.